The Hall–Kier alpha value is -3.50. The van der Waals surface area contributed by atoms with Gasteiger partial charge < -0.3 is 10.0 Å². The van der Waals surface area contributed by atoms with E-state index in [-0.39, 0.29) is 12.2 Å². The van der Waals surface area contributed by atoms with Crippen molar-refractivity contribution in [1.82, 2.24) is 5.01 Å². The number of hydrazone groups is 1. The van der Waals surface area contributed by atoms with Crippen LogP contribution in [0.1, 0.15) is 25.8 Å². The number of hydrogen-bond donors (Lipinski definition) is 2. The molecule has 2 aliphatic heterocycles. The van der Waals surface area contributed by atoms with E-state index in [1.807, 2.05) is 60.4 Å². The lowest BCUT2D eigenvalue weighted by Crippen LogP contribution is -2.28. The van der Waals surface area contributed by atoms with Gasteiger partial charge in [0.2, 0.25) is 0 Å². The number of aliphatic carboxylic acids is 1. The van der Waals surface area contributed by atoms with E-state index in [0.29, 0.717) is 17.8 Å². The Kier molecular flexibility index (Phi) is 7.29. The van der Waals surface area contributed by atoms with Crippen LogP contribution in [0.4, 0.5) is 5.69 Å². The maximum atomic E-state index is 12.4. The van der Waals surface area contributed by atoms with Gasteiger partial charge in [-0.05, 0) is 50.1 Å². The van der Waals surface area contributed by atoms with E-state index in [4.69, 9.17) is 9.66 Å². The topological polar surface area (TPSA) is 128 Å². The molecular weight excluding hydrogens is 446 g/mol. The van der Waals surface area contributed by atoms with Gasteiger partial charge in [-0.1, -0.05) is 35.9 Å². The number of anilines is 1. The number of carboxylic acids is 1. The summed E-state index contributed by atoms with van der Waals surface area (Å²) in [4.78, 5) is 25.3. The van der Waals surface area contributed by atoms with E-state index in [0.717, 1.165) is 27.5 Å². The van der Waals surface area contributed by atoms with Gasteiger partial charge in [-0.2, -0.15) is 13.5 Å². The molecule has 2 aliphatic rings. The summed E-state index contributed by atoms with van der Waals surface area (Å²) in [6.45, 7) is 3.35. The summed E-state index contributed by atoms with van der Waals surface area (Å²) in [5, 5.41) is 13.8. The third-order valence-corrected chi connectivity index (χ3v) is 5.86. The lowest BCUT2D eigenvalue weighted by molar-refractivity contribution is -0.142. The first-order valence-corrected chi connectivity index (χ1v) is 11.9. The van der Waals surface area contributed by atoms with Crippen molar-refractivity contribution in [2.24, 2.45) is 5.10 Å². The minimum Gasteiger partial charge on any atom is -0.480 e. The fourth-order valence-corrected chi connectivity index (χ4v) is 4.04. The molecule has 1 aromatic carbocycles. The lowest BCUT2D eigenvalue weighted by atomic mass is 10.0. The number of carboxylic acid groups (broad SMARTS) is 1. The molecule has 2 heterocycles. The molecule has 1 aromatic rings. The highest BCUT2D eigenvalue weighted by atomic mass is 32.2. The SMILES string of the molecule is CC1=NN(CC(=O)O)C(=O)/C1=C\C(C)=C/C=C1C=Cc2ccccc2N1CCCS(=O)(=O)O. The molecule has 1 amide bonds. The molecule has 0 saturated heterocycles. The summed E-state index contributed by atoms with van der Waals surface area (Å²) >= 11 is 0. The Morgan fingerprint density at radius 2 is 1.94 bits per heavy atom. The number of nitrogens with zero attached hydrogens (tertiary/aromatic N) is 3. The van der Waals surface area contributed by atoms with E-state index in [1.165, 1.54) is 0 Å². The summed E-state index contributed by atoms with van der Waals surface area (Å²) < 4.78 is 31.3. The summed E-state index contributed by atoms with van der Waals surface area (Å²) in [7, 11) is -4.05. The molecular formula is C23H25N3O6S. The number of fused-ring (bicyclic) bond motifs is 1. The van der Waals surface area contributed by atoms with E-state index in [1.54, 1.807) is 13.0 Å². The molecule has 0 saturated carbocycles. The van der Waals surface area contributed by atoms with Crippen LogP contribution in [0.3, 0.4) is 0 Å². The predicted molar refractivity (Wildman–Crippen MR) is 126 cm³/mol. The fourth-order valence-electron chi connectivity index (χ4n) is 3.55. The molecule has 0 atom stereocenters. The second-order valence-corrected chi connectivity index (χ2v) is 9.26. The fraction of sp³-hybridized carbons (Fsp3) is 0.261. The zero-order valence-corrected chi connectivity index (χ0v) is 19.1. The van der Waals surface area contributed by atoms with Crippen molar-refractivity contribution in [3.05, 3.63) is 71.0 Å². The van der Waals surface area contributed by atoms with Gasteiger partial charge in [0.25, 0.3) is 16.0 Å². The normalized spacial score (nSPS) is 18.8. The molecule has 0 spiro atoms. The second kappa shape index (κ2) is 9.97. The van der Waals surface area contributed by atoms with Crippen molar-refractivity contribution >= 4 is 39.5 Å². The first-order chi connectivity index (χ1) is 15.5. The third-order valence-electron chi connectivity index (χ3n) is 5.06. The highest BCUT2D eigenvalue weighted by Gasteiger charge is 2.28. The maximum Gasteiger partial charge on any atom is 0.325 e. The van der Waals surface area contributed by atoms with Crippen LogP contribution in [0.25, 0.3) is 6.08 Å². The van der Waals surface area contributed by atoms with E-state index in [2.05, 4.69) is 5.10 Å². The van der Waals surface area contributed by atoms with Crippen LogP contribution in [0.15, 0.2) is 70.5 Å². The largest absolute Gasteiger partial charge is 0.480 e. The van der Waals surface area contributed by atoms with E-state index >= 15 is 0 Å². The number of rotatable bonds is 8. The van der Waals surface area contributed by atoms with Gasteiger partial charge in [-0.25, -0.2) is 5.01 Å². The van der Waals surface area contributed by atoms with Gasteiger partial charge in [0.15, 0.2) is 0 Å². The number of allylic oxidation sites excluding steroid dienone is 5. The quantitative estimate of drug-likeness (QED) is 0.441. The molecule has 3 rings (SSSR count). The van der Waals surface area contributed by atoms with Crippen molar-refractivity contribution in [3.8, 4) is 0 Å². The first kappa shape index (κ1) is 24.1. The van der Waals surface area contributed by atoms with Crippen LogP contribution in [0.5, 0.6) is 0 Å². The highest BCUT2D eigenvalue weighted by Crippen LogP contribution is 2.31. The van der Waals surface area contributed by atoms with Gasteiger partial charge in [0.05, 0.1) is 17.0 Å². The summed E-state index contributed by atoms with van der Waals surface area (Å²) in [5.74, 6) is -1.94. The summed E-state index contributed by atoms with van der Waals surface area (Å²) in [6, 6.07) is 7.71. The van der Waals surface area contributed by atoms with Gasteiger partial charge in [0, 0.05) is 17.9 Å². The zero-order chi connectivity index (χ0) is 24.2. The number of carbonyl (C=O) groups excluding carboxylic acids is 1. The van der Waals surface area contributed by atoms with Gasteiger partial charge in [-0.3, -0.25) is 14.1 Å². The molecule has 0 unspecified atom stereocenters. The average molecular weight is 472 g/mol. The first-order valence-electron chi connectivity index (χ1n) is 10.2. The Balaban J connectivity index is 1.84. The molecule has 9 nitrogen and oxygen atoms in total. The molecule has 33 heavy (non-hydrogen) atoms. The molecule has 2 N–H and O–H groups in total. The van der Waals surface area contributed by atoms with E-state index in [9.17, 15) is 18.0 Å². The van der Waals surface area contributed by atoms with Crippen molar-refractivity contribution in [3.63, 3.8) is 0 Å². The second-order valence-electron chi connectivity index (χ2n) is 7.69. The van der Waals surface area contributed by atoms with Crippen molar-refractivity contribution in [2.45, 2.75) is 20.3 Å². The van der Waals surface area contributed by atoms with Crippen LogP contribution in [0, 0.1) is 0 Å². The average Bonchev–Trinajstić information content (AvgIpc) is 2.98. The monoisotopic (exact) mass is 471 g/mol. The Bertz CT molecular complexity index is 1220. The van der Waals surface area contributed by atoms with Crippen molar-refractivity contribution in [1.29, 1.82) is 0 Å². The maximum absolute atomic E-state index is 12.4. The number of hydrogen-bond acceptors (Lipinski definition) is 6. The molecule has 174 valence electrons. The Morgan fingerprint density at radius 1 is 1.21 bits per heavy atom. The lowest BCUT2D eigenvalue weighted by Gasteiger charge is -2.30. The summed E-state index contributed by atoms with van der Waals surface area (Å²) in [5.41, 5.74) is 4.26. The van der Waals surface area contributed by atoms with Crippen molar-refractivity contribution < 1.29 is 27.7 Å². The van der Waals surface area contributed by atoms with E-state index < -0.39 is 28.5 Å². The Morgan fingerprint density at radius 3 is 2.64 bits per heavy atom. The minimum absolute atomic E-state index is 0.245. The molecule has 0 aromatic heterocycles. The van der Waals surface area contributed by atoms with Crippen LogP contribution < -0.4 is 4.90 Å². The number of benzene rings is 1. The number of carbonyl (C=O) groups is 2. The van der Waals surface area contributed by atoms with Crippen LogP contribution in [-0.4, -0.2) is 59.5 Å². The van der Waals surface area contributed by atoms with Gasteiger partial charge in [-0.15, -0.1) is 0 Å². The van der Waals surface area contributed by atoms with Gasteiger partial charge in [0.1, 0.15) is 6.54 Å². The number of amides is 1. The third kappa shape index (κ3) is 6.27. The molecule has 0 radical (unpaired) electrons. The summed E-state index contributed by atoms with van der Waals surface area (Å²) in [6.07, 6.45) is 9.44. The van der Waals surface area contributed by atoms with Crippen molar-refractivity contribution in [2.75, 3.05) is 23.7 Å². The van der Waals surface area contributed by atoms with Crippen LogP contribution >= 0.6 is 0 Å². The minimum atomic E-state index is -4.05. The molecule has 0 aliphatic carbocycles. The standard InChI is InChI=1S/C23H25N3O6S/c1-16(14-20-17(2)24-26(23(20)29)15-22(27)28)8-10-19-11-9-18-6-3-4-7-21(18)25(19)12-5-13-33(30,31)32/h3-4,6-11,14H,5,12-13,15H2,1-2H3,(H,27,28)(H,30,31,32)/b16-8-,19-10?,20-14-. The Labute approximate surface area is 192 Å². The zero-order valence-electron chi connectivity index (χ0n) is 18.3. The van der Waals surface area contributed by atoms with Crippen LogP contribution in [-0.2, 0) is 19.7 Å². The predicted octanol–water partition coefficient (Wildman–Crippen LogP) is 2.86. The van der Waals surface area contributed by atoms with Crippen LogP contribution in [0.2, 0.25) is 0 Å². The molecule has 10 heteroatoms. The highest BCUT2D eigenvalue weighted by molar-refractivity contribution is 7.85. The number of para-hydroxylation sites is 1. The molecule has 0 fully saturated rings. The smallest absolute Gasteiger partial charge is 0.325 e. The van der Waals surface area contributed by atoms with Gasteiger partial charge >= 0.3 is 5.97 Å². The molecule has 0 bridgehead atoms.